The van der Waals surface area contributed by atoms with Crippen LogP contribution in [-0.2, 0) is 18.3 Å². The number of ether oxygens (including phenoxy) is 1. The van der Waals surface area contributed by atoms with E-state index in [-0.39, 0.29) is 17.4 Å². The van der Waals surface area contributed by atoms with Gasteiger partial charge in [-0.05, 0) is 47.6 Å². The van der Waals surface area contributed by atoms with Gasteiger partial charge < -0.3 is 9.84 Å². The Morgan fingerprint density at radius 3 is 2.18 bits per heavy atom. The summed E-state index contributed by atoms with van der Waals surface area (Å²) in [6, 6.07) is 4.53. The highest BCUT2D eigenvalue weighted by Crippen LogP contribution is 2.42. The van der Waals surface area contributed by atoms with E-state index in [0.29, 0.717) is 0 Å². The first-order valence-electron chi connectivity index (χ1n) is 8.45. The van der Waals surface area contributed by atoms with Crippen molar-refractivity contribution in [1.29, 1.82) is 0 Å². The van der Waals surface area contributed by atoms with Crippen LogP contribution in [-0.4, -0.2) is 18.8 Å². The zero-order chi connectivity index (χ0) is 17.0. The number of aliphatic hydroxyl groups is 1. The fourth-order valence-corrected chi connectivity index (χ4v) is 3.61. The molecule has 0 aliphatic rings. The van der Waals surface area contributed by atoms with Crippen molar-refractivity contribution in [2.75, 3.05) is 13.7 Å². The molecule has 0 aliphatic carbocycles. The van der Waals surface area contributed by atoms with Crippen molar-refractivity contribution >= 4 is 0 Å². The molecule has 0 amide bonds. The number of methoxy groups -OCH3 is 1. The molecule has 0 heterocycles. The van der Waals surface area contributed by atoms with Gasteiger partial charge in [-0.3, -0.25) is 0 Å². The standard InChI is InChI=1S/C20H34O2/c1-8-16-12-15(10-9-11-21)13-17(18(16)22-7)20(5,6)14-19(2,3)4/h12-13,21H,8-11,14H2,1-7H3. The topological polar surface area (TPSA) is 29.5 Å². The van der Waals surface area contributed by atoms with E-state index in [1.165, 1.54) is 16.7 Å². The average Bonchev–Trinajstić information content (AvgIpc) is 2.41. The second kappa shape index (κ2) is 7.50. The molecule has 0 spiro atoms. The van der Waals surface area contributed by atoms with Gasteiger partial charge in [0.25, 0.3) is 0 Å². The Morgan fingerprint density at radius 2 is 1.73 bits per heavy atom. The summed E-state index contributed by atoms with van der Waals surface area (Å²) in [4.78, 5) is 0. The van der Waals surface area contributed by atoms with Gasteiger partial charge in [-0.15, -0.1) is 0 Å². The van der Waals surface area contributed by atoms with E-state index in [4.69, 9.17) is 9.84 Å². The van der Waals surface area contributed by atoms with Gasteiger partial charge in [0.2, 0.25) is 0 Å². The summed E-state index contributed by atoms with van der Waals surface area (Å²) in [6.45, 7) is 13.9. The van der Waals surface area contributed by atoms with Crippen LogP contribution in [0.5, 0.6) is 5.75 Å². The summed E-state index contributed by atoms with van der Waals surface area (Å²) in [5, 5.41) is 9.11. The third-order valence-electron chi connectivity index (χ3n) is 4.14. The predicted octanol–water partition coefficient (Wildman–Crippen LogP) is 4.90. The molecule has 0 unspecified atom stereocenters. The maximum Gasteiger partial charge on any atom is 0.125 e. The highest BCUT2D eigenvalue weighted by molar-refractivity contribution is 5.48. The van der Waals surface area contributed by atoms with E-state index in [1.807, 2.05) is 0 Å². The van der Waals surface area contributed by atoms with E-state index < -0.39 is 0 Å². The van der Waals surface area contributed by atoms with Crippen LogP contribution in [0.2, 0.25) is 0 Å². The Balaban J connectivity index is 3.35. The third-order valence-corrected chi connectivity index (χ3v) is 4.14. The van der Waals surface area contributed by atoms with Crippen LogP contribution in [0, 0.1) is 5.41 Å². The normalized spacial score (nSPS) is 12.5. The zero-order valence-corrected chi connectivity index (χ0v) is 15.5. The number of rotatable bonds is 7. The molecular formula is C20H34O2. The van der Waals surface area contributed by atoms with Crippen LogP contribution >= 0.6 is 0 Å². The molecule has 1 aromatic rings. The molecule has 0 saturated carbocycles. The van der Waals surface area contributed by atoms with E-state index in [1.54, 1.807) is 7.11 Å². The van der Waals surface area contributed by atoms with Crippen LogP contribution in [0.3, 0.4) is 0 Å². The minimum atomic E-state index is 0.0583. The van der Waals surface area contributed by atoms with Crippen molar-refractivity contribution in [3.05, 3.63) is 28.8 Å². The molecule has 0 atom stereocenters. The average molecular weight is 306 g/mol. The molecule has 1 rings (SSSR count). The lowest BCUT2D eigenvalue weighted by Gasteiger charge is -2.35. The van der Waals surface area contributed by atoms with Crippen LogP contribution in [0.15, 0.2) is 12.1 Å². The minimum Gasteiger partial charge on any atom is -0.496 e. The molecule has 2 heteroatoms. The fourth-order valence-electron chi connectivity index (χ4n) is 3.61. The predicted molar refractivity (Wildman–Crippen MR) is 94.9 cm³/mol. The smallest absolute Gasteiger partial charge is 0.125 e. The lowest BCUT2D eigenvalue weighted by Crippen LogP contribution is -2.26. The van der Waals surface area contributed by atoms with Gasteiger partial charge in [-0.2, -0.15) is 0 Å². The number of benzene rings is 1. The number of hydrogen-bond acceptors (Lipinski definition) is 2. The van der Waals surface area contributed by atoms with Gasteiger partial charge >= 0.3 is 0 Å². The second-order valence-electron chi connectivity index (χ2n) is 8.14. The first-order chi connectivity index (χ1) is 10.1. The maximum absolute atomic E-state index is 9.11. The maximum atomic E-state index is 9.11. The zero-order valence-electron chi connectivity index (χ0n) is 15.5. The van der Waals surface area contributed by atoms with E-state index in [9.17, 15) is 0 Å². The molecule has 1 aromatic carbocycles. The summed E-state index contributed by atoms with van der Waals surface area (Å²) in [5.41, 5.74) is 4.21. The molecule has 0 fully saturated rings. The third kappa shape index (κ3) is 5.01. The first kappa shape index (κ1) is 19.0. The van der Waals surface area contributed by atoms with Crippen LogP contribution in [0.4, 0.5) is 0 Å². The van der Waals surface area contributed by atoms with Gasteiger partial charge in [-0.25, -0.2) is 0 Å². The van der Waals surface area contributed by atoms with Crippen LogP contribution in [0.1, 0.15) is 71.1 Å². The molecule has 0 saturated heterocycles. The second-order valence-corrected chi connectivity index (χ2v) is 8.14. The largest absolute Gasteiger partial charge is 0.496 e. The molecule has 1 N–H and O–H groups in total. The summed E-state index contributed by atoms with van der Waals surface area (Å²) >= 11 is 0. The van der Waals surface area contributed by atoms with E-state index in [2.05, 4.69) is 53.7 Å². The highest BCUT2D eigenvalue weighted by atomic mass is 16.5. The van der Waals surface area contributed by atoms with E-state index >= 15 is 0 Å². The monoisotopic (exact) mass is 306 g/mol. The van der Waals surface area contributed by atoms with Crippen molar-refractivity contribution in [2.24, 2.45) is 5.41 Å². The molecule has 0 radical (unpaired) electrons. The molecule has 2 nitrogen and oxygen atoms in total. The number of aliphatic hydroxyl groups excluding tert-OH is 1. The Morgan fingerprint density at radius 1 is 1.09 bits per heavy atom. The quantitative estimate of drug-likeness (QED) is 0.776. The summed E-state index contributed by atoms with van der Waals surface area (Å²) in [6.07, 6.45) is 3.80. The van der Waals surface area contributed by atoms with Crippen molar-refractivity contribution in [3.8, 4) is 5.75 Å². The molecular weight excluding hydrogens is 272 g/mol. The lowest BCUT2D eigenvalue weighted by atomic mass is 9.71. The molecule has 126 valence electrons. The Kier molecular flexibility index (Phi) is 6.49. The summed E-state index contributed by atoms with van der Waals surface area (Å²) in [7, 11) is 1.78. The van der Waals surface area contributed by atoms with Gasteiger partial charge in [0.05, 0.1) is 7.11 Å². The molecule has 0 aromatic heterocycles. The Hall–Kier alpha value is -1.02. The molecule has 0 bridgehead atoms. The summed E-state index contributed by atoms with van der Waals surface area (Å²) in [5.74, 6) is 1.05. The van der Waals surface area contributed by atoms with Crippen molar-refractivity contribution < 1.29 is 9.84 Å². The summed E-state index contributed by atoms with van der Waals surface area (Å²) < 4.78 is 5.78. The number of hydrogen-bond donors (Lipinski definition) is 1. The Labute approximate surface area is 136 Å². The van der Waals surface area contributed by atoms with Crippen molar-refractivity contribution in [2.45, 2.75) is 72.6 Å². The minimum absolute atomic E-state index is 0.0583. The lowest BCUT2D eigenvalue weighted by molar-refractivity contribution is 0.276. The van der Waals surface area contributed by atoms with Gasteiger partial charge in [-0.1, -0.05) is 53.7 Å². The van der Waals surface area contributed by atoms with Crippen LogP contribution in [0.25, 0.3) is 0 Å². The molecule has 0 aliphatic heterocycles. The van der Waals surface area contributed by atoms with E-state index in [0.717, 1.165) is 31.4 Å². The first-order valence-corrected chi connectivity index (χ1v) is 8.45. The SMILES string of the molecule is CCc1cc(CCCO)cc(C(C)(C)CC(C)(C)C)c1OC. The molecule has 22 heavy (non-hydrogen) atoms. The van der Waals surface area contributed by atoms with Gasteiger partial charge in [0, 0.05) is 12.2 Å². The van der Waals surface area contributed by atoms with Crippen molar-refractivity contribution in [1.82, 2.24) is 0 Å². The highest BCUT2D eigenvalue weighted by Gasteiger charge is 2.31. The van der Waals surface area contributed by atoms with Gasteiger partial charge in [0.15, 0.2) is 0 Å². The van der Waals surface area contributed by atoms with Crippen LogP contribution < -0.4 is 4.74 Å². The fraction of sp³-hybridized carbons (Fsp3) is 0.700. The van der Waals surface area contributed by atoms with Gasteiger partial charge in [0.1, 0.15) is 5.75 Å². The van der Waals surface area contributed by atoms with Crippen molar-refractivity contribution in [3.63, 3.8) is 0 Å². The Bertz CT molecular complexity index is 481. The number of aryl methyl sites for hydroxylation is 2.